The smallest absolute Gasteiger partial charge is 0.317 e. The van der Waals surface area contributed by atoms with Crippen LogP contribution in [0, 0.1) is 5.92 Å². The Morgan fingerprint density at radius 3 is 2.21 bits per heavy atom. The second-order valence-corrected chi connectivity index (χ2v) is 7.47. The lowest BCUT2D eigenvalue weighted by Gasteiger charge is -2.31. The Kier molecular flexibility index (Phi) is 7.06. The molecule has 2 aliphatic rings. The summed E-state index contributed by atoms with van der Waals surface area (Å²) in [4.78, 5) is 26.5. The summed E-state index contributed by atoms with van der Waals surface area (Å²) in [7, 11) is 3.15. The highest BCUT2D eigenvalue weighted by Crippen LogP contribution is 2.38. The Labute approximate surface area is 171 Å². The van der Waals surface area contributed by atoms with Gasteiger partial charge in [0.25, 0.3) is 0 Å². The van der Waals surface area contributed by atoms with E-state index in [1.165, 1.54) is 0 Å². The summed E-state index contributed by atoms with van der Waals surface area (Å²) in [6, 6.07) is 3.93. The van der Waals surface area contributed by atoms with E-state index < -0.39 is 0 Å². The summed E-state index contributed by atoms with van der Waals surface area (Å²) in [5.41, 5.74) is 0.856. The largest absolute Gasteiger partial charge is 0.493 e. The molecule has 0 unspecified atom stereocenters. The lowest BCUT2D eigenvalue weighted by Crippen LogP contribution is -2.46. The van der Waals surface area contributed by atoms with Crippen LogP contribution >= 0.6 is 0 Å². The molecule has 1 aromatic carbocycles. The molecule has 0 radical (unpaired) electrons. The van der Waals surface area contributed by atoms with Crippen LogP contribution in [0.4, 0.5) is 4.79 Å². The average Bonchev–Trinajstić information content (AvgIpc) is 3.56. The molecule has 2 fully saturated rings. The number of carbonyl (C=O) groups is 2. The molecular weight excluding hydrogens is 374 g/mol. The van der Waals surface area contributed by atoms with Crippen LogP contribution in [0.1, 0.15) is 38.2 Å². The zero-order chi connectivity index (χ0) is 20.8. The van der Waals surface area contributed by atoms with E-state index in [0.29, 0.717) is 62.4 Å². The third-order valence-corrected chi connectivity index (χ3v) is 5.33. The van der Waals surface area contributed by atoms with E-state index in [1.807, 2.05) is 19.1 Å². The SMILES string of the molecule is CCOc1c(OC)cc(CNC(=O)N2CCC(C(=O)NC3CC3)CC2)cc1OC. The number of hydrogen-bond donors (Lipinski definition) is 2. The molecule has 2 N–H and O–H groups in total. The molecule has 1 saturated carbocycles. The highest BCUT2D eigenvalue weighted by atomic mass is 16.5. The maximum absolute atomic E-state index is 12.5. The first-order valence-corrected chi connectivity index (χ1v) is 10.3. The Balaban J connectivity index is 1.52. The molecule has 8 heteroatoms. The van der Waals surface area contributed by atoms with Gasteiger partial charge in [0.05, 0.1) is 20.8 Å². The number of methoxy groups -OCH3 is 2. The maximum atomic E-state index is 12.5. The van der Waals surface area contributed by atoms with Crippen molar-refractivity contribution in [2.24, 2.45) is 5.92 Å². The molecule has 1 saturated heterocycles. The second-order valence-electron chi connectivity index (χ2n) is 7.47. The molecule has 29 heavy (non-hydrogen) atoms. The van der Waals surface area contributed by atoms with Gasteiger partial charge in [0.2, 0.25) is 11.7 Å². The van der Waals surface area contributed by atoms with Crippen LogP contribution < -0.4 is 24.8 Å². The Bertz CT molecular complexity index is 702. The number of hydrogen-bond acceptors (Lipinski definition) is 5. The van der Waals surface area contributed by atoms with Crippen LogP contribution in [0.2, 0.25) is 0 Å². The number of rotatable bonds is 8. The van der Waals surface area contributed by atoms with Crippen LogP contribution in [0.15, 0.2) is 12.1 Å². The summed E-state index contributed by atoms with van der Waals surface area (Å²) in [5, 5.41) is 6.00. The number of ether oxygens (including phenoxy) is 3. The molecule has 0 aromatic heterocycles. The maximum Gasteiger partial charge on any atom is 0.317 e. The molecule has 1 aromatic rings. The van der Waals surface area contributed by atoms with Crippen molar-refractivity contribution in [1.82, 2.24) is 15.5 Å². The predicted octanol–water partition coefficient (Wildman–Crippen LogP) is 2.30. The molecule has 3 rings (SSSR count). The Hall–Kier alpha value is -2.64. The van der Waals surface area contributed by atoms with Crippen molar-refractivity contribution in [3.63, 3.8) is 0 Å². The van der Waals surface area contributed by atoms with E-state index in [2.05, 4.69) is 10.6 Å². The molecule has 0 spiro atoms. The molecule has 3 amide bonds. The molecule has 1 aliphatic heterocycles. The molecule has 8 nitrogen and oxygen atoms in total. The summed E-state index contributed by atoms with van der Waals surface area (Å²) in [6.07, 6.45) is 3.59. The number of benzene rings is 1. The number of nitrogens with zero attached hydrogens (tertiary/aromatic N) is 1. The molecule has 1 heterocycles. The van der Waals surface area contributed by atoms with E-state index in [0.717, 1.165) is 18.4 Å². The van der Waals surface area contributed by atoms with Gasteiger partial charge in [-0.15, -0.1) is 0 Å². The van der Waals surface area contributed by atoms with E-state index in [-0.39, 0.29) is 17.9 Å². The van der Waals surface area contributed by atoms with Gasteiger partial charge in [-0.05, 0) is 50.3 Å². The molecule has 160 valence electrons. The van der Waals surface area contributed by atoms with Gasteiger partial charge in [-0.1, -0.05) is 0 Å². The van der Waals surface area contributed by atoms with Crippen molar-refractivity contribution in [3.05, 3.63) is 17.7 Å². The topological polar surface area (TPSA) is 89.1 Å². The van der Waals surface area contributed by atoms with Crippen LogP contribution in [0.5, 0.6) is 17.2 Å². The van der Waals surface area contributed by atoms with Crippen LogP contribution in [0.25, 0.3) is 0 Å². The van der Waals surface area contributed by atoms with E-state index in [4.69, 9.17) is 14.2 Å². The molecule has 1 aliphatic carbocycles. The van der Waals surface area contributed by atoms with Gasteiger partial charge in [0, 0.05) is 31.6 Å². The van der Waals surface area contributed by atoms with E-state index in [1.54, 1.807) is 19.1 Å². The first-order chi connectivity index (χ1) is 14.0. The number of likely N-dealkylation sites (tertiary alicyclic amines) is 1. The van der Waals surface area contributed by atoms with Crippen molar-refractivity contribution in [1.29, 1.82) is 0 Å². The fourth-order valence-corrected chi connectivity index (χ4v) is 3.50. The third-order valence-electron chi connectivity index (χ3n) is 5.33. The van der Waals surface area contributed by atoms with Gasteiger partial charge in [0.15, 0.2) is 11.5 Å². The highest BCUT2D eigenvalue weighted by molar-refractivity contribution is 5.80. The van der Waals surface area contributed by atoms with Crippen LogP contribution in [0.3, 0.4) is 0 Å². The summed E-state index contributed by atoms with van der Waals surface area (Å²) in [6.45, 7) is 3.91. The van der Waals surface area contributed by atoms with Gasteiger partial charge >= 0.3 is 6.03 Å². The summed E-state index contributed by atoms with van der Waals surface area (Å²) >= 11 is 0. The van der Waals surface area contributed by atoms with E-state index >= 15 is 0 Å². The lowest BCUT2D eigenvalue weighted by atomic mass is 9.96. The first-order valence-electron chi connectivity index (χ1n) is 10.3. The van der Waals surface area contributed by atoms with Crippen molar-refractivity contribution in [2.45, 2.75) is 45.2 Å². The van der Waals surface area contributed by atoms with Crippen molar-refractivity contribution >= 4 is 11.9 Å². The van der Waals surface area contributed by atoms with Crippen LogP contribution in [-0.4, -0.2) is 56.8 Å². The second kappa shape index (κ2) is 9.71. The first kappa shape index (κ1) is 21.1. The minimum absolute atomic E-state index is 0.0132. The van der Waals surface area contributed by atoms with Gasteiger partial charge < -0.3 is 29.7 Å². The quantitative estimate of drug-likeness (QED) is 0.693. The summed E-state index contributed by atoms with van der Waals surface area (Å²) in [5.74, 6) is 1.84. The van der Waals surface area contributed by atoms with Gasteiger partial charge in [-0.2, -0.15) is 0 Å². The highest BCUT2D eigenvalue weighted by Gasteiger charge is 2.31. The minimum atomic E-state index is -0.127. The van der Waals surface area contributed by atoms with Crippen molar-refractivity contribution in [2.75, 3.05) is 33.9 Å². The van der Waals surface area contributed by atoms with Gasteiger partial charge in [-0.25, -0.2) is 4.79 Å². The number of nitrogens with one attached hydrogen (secondary N) is 2. The van der Waals surface area contributed by atoms with Gasteiger partial charge in [-0.3, -0.25) is 4.79 Å². The Morgan fingerprint density at radius 1 is 1.07 bits per heavy atom. The van der Waals surface area contributed by atoms with Gasteiger partial charge in [0.1, 0.15) is 0 Å². The number of amides is 3. The zero-order valence-electron chi connectivity index (χ0n) is 17.5. The number of urea groups is 1. The fraction of sp³-hybridized carbons (Fsp3) is 0.619. The predicted molar refractivity (Wildman–Crippen MR) is 108 cm³/mol. The molecule has 0 atom stereocenters. The van der Waals surface area contributed by atoms with Crippen molar-refractivity contribution in [3.8, 4) is 17.2 Å². The average molecular weight is 405 g/mol. The van der Waals surface area contributed by atoms with Crippen LogP contribution in [-0.2, 0) is 11.3 Å². The molecular formula is C21H31N3O5. The number of carbonyl (C=O) groups excluding carboxylic acids is 2. The van der Waals surface area contributed by atoms with Crippen molar-refractivity contribution < 1.29 is 23.8 Å². The number of piperidine rings is 1. The standard InChI is InChI=1S/C21H31N3O5/c1-4-29-19-17(27-2)11-14(12-18(19)28-3)13-22-21(26)24-9-7-15(8-10-24)20(25)23-16-5-6-16/h11-12,15-16H,4-10,13H2,1-3H3,(H,22,26)(H,23,25). The Morgan fingerprint density at radius 2 is 1.69 bits per heavy atom. The third kappa shape index (κ3) is 5.46. The normalized spacial score (nSPS) is 16.9. The zero-order valence-corrected chi connectivity index (χ0v) is 17.5. The molecule has 0 bridgehead atoms. The minimum Gasteiger partial charge on any atom is -0.493 e. The lowest BCUT2D eigenvalue weighted by molar-refractivity contribution is -0.126. The summed E-state index contributed by atoms with van der Waals surface area (Å²) < 4.78 is 16.4. The monoisotopic (exact) mass is 405 g/mol. The van der Waals surface area contributed by atoms with E-state index in [9.17, 15) is 9.59 Å². The fourth-order valence-electron chi connectivity index (χ4n) is 3.50.